The Bertz CT molecular complexity index is 278. The van der Waals surface area contributed by atoms with Gasteiger partial charge in [0.25, 0.3) is 0 Å². The van der Waals surface area contributed by atoms with Gasteiger partial charge in [0.1, 0.15) is 5.76 Å². The van der Waals surface area contributed by atoms with E-state index >= 15 is 0 Å². The van der Waals surface area contributed by atoms with Crippen LogP contribution >= 0.6 is 0 Å². The quantitative estimate of drug-likeness (QED) is 0.797. The normalized spacial score (nSPS) is 19.1. The molecule has 3 nitrogen and oxygen atoms in total. The molecule has 0 radical (unpaired) electrons. The van der Waals surface area contributed by atoms with Gasteiger partial charge in [-0.1, -0.05) is 0 Å². The molecule has 1 N–H and O–H groups in total. The standard InChI is InChI=1S/C13H22N2O/c1-12(11-13-5-4-10-16-13)14-6-9-15-7-2-3-8-15/h4-5,10,12,14H,2-3,6-9,11H2,1H3. The molecule has 0 spiro atoms. The minimum absolute atomic E-state index is 0.494. The van der Waals surface area contributed by atoms with Gasteiger partial charge in [-0.2, -0.15) is 0 Å². The zero-order valence-corrected chi connectivity index (χ0v) is 10.1. The molecule has 16 heavy (non-hydrogen) atoms. The Kier molecular flexibility index (Phi) is 4.43. The Morgan fingerprint density at radius 1 is 1.44 bits per heavy atom. The first-order valence-electron chi connectivity index (χ1n) is 6.33. The summed E-state index contributed by atoms with van der Waals surface area (Å²) in [6, 6.07) is 4.49. The van der Waals surface area contributed by atoms with Gasteiger partial charge in [-0.05, 0) is 45.0 Å². The van der Waals surface area contributed by atoms with Gasteiger partial charge in [-0.25, -0.2) is 0 Å². The second-order valence-corrected chi connectivity index (χ2v) is 4.69. The van der Waals surface area contributed by atoms with Crippen LogP contribution in [0.3, 0.4) is 0 Å². The molecule has 1 aromatic rings. The van der Waals surface area contributed by atoms with E-state index in [1.807, 2.05) is 12.1 Å². The number of likely N-dealkylation sites (tertiary alicyclic amines) is 1. The maximum Gasteiger partial charge on any atom is 0.105 e. The van der Waals surface area contributed by atoms with Crippen LogP contribution in [0.5, 0.6) is 0 Å². The minimum atomic E-state index is 0.494. The molecule has 0 aliphatic carbocycles. The topological polar surface area (TPSA) is 28.4 Å². The van der Waals surface area contributed by atoms with Crippen molar-refractivity contribution in [3.8, 4) is 0 Å². The maximum atomic E-state index is 5.33. The molecule has 0 bridgehead atoms. The Labute approximate surface area is 97.8 Å². The van der Waals surface area contributed by atoms with Crippen molar-refractivity contribution in [2.45, 2.75) is 32.2 Å². The number of nitrogens with one attached hydrogen (secondary N) is 1. The molecule has 1 aliphatic rings. The number of nitrogens with zero attached hydrogens (tertiary/aromatic N) is 1. The molecule has 1 fully saturated rings. The Morgan fingerprint density at radius 2 is 2.25 bits per heavy atom. The zero-order chi connectivity index (χ0) is 11.2. The lowest BCUT2D eigenvalue weighted by Gasteiger charge is -2.17. The van der Waals surface area contributed by atoms with Crippen molar-refractivity contribution in [2.75, 3.05) is 26.2 Å². The zero-order valence-electron chi connectivity index (χ0n) is 10.1. The molecular weight excluding hydrogens is 200 g/mol. The number of rotatable bonds is 6. The van der Waals surface area contributed by atoms with Crippen molar-refractivity contribution in [3.63, 3.8) is 0 Å². The highest BCUT2D eigenvalue weighted by Gasteiger charge is 2.11. The molecule has 0 amide bonds. The molecule has 2 rings (SSSR count). The molecule has 0 aromatic carbocycles. The lowest BCUT2D eigenvalue weighted by molar-refractivity contribution is 0.326. The van der Waals surface area contributed by atoms with Gasteiger partial charge in [0, 0.05) is 25.6 Å². The smallest absolute Gasteiger partial charge is 0.105 e. The van der Waals surface area contributed by atoms with Crippen LogP contribution in [0.2, 0.25) is 0 Å². The third-order valence-corrected chi connectivity index (χ3v) is 3.21. The summed E-state index contributed by atoms with van der Waals surface area (Å²) < 4.78 is 5.33. The van der Waals surface area contributed by atoms with Crippen molar-refractivity contribution in [2.24, 2.45) is 0 Å². The van der Waals surface area contributed by atoms with Crippen molar-refractivity contribution >= 4 is 0 Å². The lowest BCUT2D eigenvalue weighted by atomic mass is 10.2. The first kappa shape index (κ1) is 11.7. The highest BCUT2D eigenvalue weighted by atomic mass is 16.3. The predicted molar refractivity (Wildman–Crippen MR) is 65.6 cm³/mol. The van der Waals surface area contributed by atoms with Crippen LogP contribution in [0.1, 0.15) is 25.5 Å². The molecule has 0 saturated carbocycles. The van der Waals surface area contributed by atoms with E-state index in [1.165, 1.54) is 32.5 Å². The van der Waals surface area contributed by atoms with Crippen LogP contribution in [0, 0.1) is 0 Å². The van der Waals surface area contributed by atoms with Crippen LogP contribution < -0.4 is 5.32 Å². The summed E-state index contributed by atoms with van der Waals surface area (Å²) in [5.74, 6) is 1.07. The molecule has 3 heteroatoms. The highest BCUT2D eigenvalue weighted by molar-refractivity contribution is 4.99. The monoisotopic (exact) mass is 222 g/mol. The number of hydrogen-bond donors (Lipinski definition) is 1. The summed E-state index contributed by atoms with van der Waals surface area (Å²) >= 11 is 0. The van der Waals surface area contributed by atoms with E-state index in [2.05, 4.69) is 17.1 Å². The first-order chi connectivity index (χ1) is 7.84. The Hall–Kier alpha value is -0.800. The summed E-state index contributed by atoms with van der Waals surface area (Å²) in [5, 5.41) is 3.55. The summed E-state index contributed by atoms with van der Waals surface area (Å²) in [4.78, 5) is 2.53. The van der Waals surface area contributed by atoms with Crippen LogP contribution in [0.25, 0.3) is 0 Å². The van der Waals surface area contributed by atoms with Crippen molar-refractivity contribution in [1.82, 2.24) is 10.2 Å². The van der Waals surface area contributed by atoms with Crippen LogP contribution in [0.4, 0.5) is 0 Å². The van der Waals surface area contributed by atoms with E-state index in [0.717, 1.165) is 18.7 Å². The molecule has 1 saturated heterocycles. The summed E-state index contributed by atoms with van der Waals surface area (Å²) in [5.41, 5.74) is 0. The van der Waals surface area contributed by atoms with Gasteiger partial charge in [0.05, 0.1) is 6.26 Å². The second kappa shape index (κ2) is 6.06. The molecule has 1 atom stereocenters. The van der Waals surface area contributed by atoms with E-state index < -0.39 is 0 Å². The molecular formula is C13H22N2O. The highest BCUT2D eigenvalue weighted by Crippen LogP contribution is 2.06. The van der Waals surface area contributed by atoms with Crippen LogP contribution in [-0.4, -0.2) is 37.1 Å². The molecule has 2 heterocycles. The summed E-state index contributed by atoms with van der Waals surface area (Å²) in [6.07, 6.45) is 5.48. The van der Waals surface area contributed by atoms with Crippen LogP contribution in [0.15, 0.2) is 22.8 Å². The van der Waals surface area contributed by atoms with E-state index in [9.17, 15) is 0 Å². The van der Waals surface area contributed by atoms with Crippen molar-refractivity contribution < 1.29 is 4.42 Å². The van der Waals surface area contributed by atoms with Gasteiger partial charge >= 0.3 is 0 Å². The lowest BCUT2D eigenvalue weighted by Crippen LogP contribution is -2.35. The average Bonchev–Trinajstić information content (AvgIpc) is 2.90. The molecule has 1 aromatic heterocycles. The van der Waals surface area contributed by atoms with Crippen LogP contribution in [-0.2, 0) is 6.42 Å². The minimum Gasteiger partial charge on any atom is -0.469 e. The van der Waals surface area contributed by atoms with E-state index in [1.54, 1.807) is 6.26 Å². The summed E-state index contributed by atoms with van der Waals surface area (Å²) in [7, 11) is 0. The van der Waals surface area contributed by atoms with E-state index in [0.29, 0.717) is 6.04 Å². The number of furan rings is 1. The first-order valence-corrected chi connectivity index (χ1v) is 6.33. The van der Waals surface area contributed by atoms with Gasteiger partial charge in [-0.15, -0.1) is 0 Å². The third-order valence-electron chi connectivity index (χ3n) is 3.21. The average molecular weight is 222 g/mol. The summed E-state index contributed by atoms with van der Waals surface area (Å²) in [6.45, 7) is 7.05. The van der Waals surface area contributed by atoms with Gasteiger partial charge in [0.15, 0.2) is 0 Å². The largest absolute Gasteiger partial charge is 0.469 e. The molecule has 1 aliphatic heterocycles. The molecule has 90 valence electrons. The fourth-order valence-corrected chi connectivity index (χ4v) is 2.28. The number of hydrogen-bond acceptors (Lipinski definition) is 3. The van der Waals surface area contributed by atoms with Crippen molar-refractivity contribution in [1.29, 1.82) is 0 Å². The van der Waals surface area contributed by atoms with Crippen molar-refractivity contribution in [3.05, 3.63) is 24.2 Å². The predicted octanol–water partition coefficient (Wildman–Crippen LogP) is 1.90. The van der Waals surface area contributed by atoms with Gasteiger partial charge < -0.3 is 14.6 Å². The van der Waals surface area contributed by atoms with E-state index in [-0.39, 0.29) is 0 Å². The van der Waals surface area contributed by atoms with Gasteiger partial charge in [0.2, 0.25) is 0 Å². The SMILES string of the molecule is CC(Cc1ccco1)NCCN1CCCC1. The fourth-order valence-electron chi connectivity index (χ4n) is 2.28. The fraction of sp³-hybridized carbons (Fsp3) is 0.692. The maximum absolute atomic E-state index is 5.33. The third kappa shape index (κ3) is 3.65. The van der Waals surface area contributed by atoms with E-state index in [4.69, 9.17) is 4.42 Å². The van der Waals surface area contributed by atoms with Gasteiger partial charge in [-0.3, -0.25) is 0 Å². The Morgan fingerprint density at radius 3 is 2.94 bits per heavy atom. The Balaban J connectivity index is 1.58. The second-order valence-electron chi connectivity index (χ2n) is 4.69. The molecule has 1 unspecified atom stereocenters.